The Kier molecular flexibility index (Phi) is 4.88. The molecule has 0 saturated carbocycles. The number of para-hydroxylation sites is 1. The third-order valence-electron chi connectivity index (χ3n) is 3.04. The van der Waals surface area contributed by atoms with Gasteiger partial charge in [0.1, 0.15) is 11.5 Å². The number of thioether (sulfide) groups is 1. The molecule has 0 saturated heterocycles. The molecular formula is C16H19NOS. The summed E-state index contributed by atoms with van der Waals surface area (Å²) in [5.74, 6) is 1.73. The molecule has 2 aromatic carbocycles. The molecular weight excluding hydrogens is 254 g/mol. The zero-order valence-corrected chi connectivity index (χ0v) is 12.1. The number of hydrogen-bond acceptors (Lipinski definition) is 3. The van der Waals surface area contributed by atoms with Gasteiger partial charge in [-0.25, -0.2) is 0 Å². The lowest BCUT2D eigenvalue weighted by molar-refractivity contribution is 0.470. The van der Waals surface area contributed by atoms with Crippen LogP contribution in [-0.4, -0.2) is 6.26 Å². The standard InChI is InChI=1S/C16H19NOS/c1-3-14(17)12-8-10-13(11-9-12)18-15-6-4-5-7-16(15)19-2/h4-11,14H,3,17H2,1-2H3. The first kappa shape index (κ1) is 14.0. The van der Waals surface area contributed by atoms with Crippen molar-refractivity contribution in [3.63, 3.8) is 0 Å². The fraction of sp³-hybridized carbons (Fsp3) is 0.250. The van der Waals surface area contributed by atoms with Crippen molar-refractivity contribution in [3.05, 3.63) is 54.1 Å². The van der Waals surface area contributed by atoms with Crippen molar-refractivity contribution in [2.75, 3.05) is 6.26 Å². The molecule has 0 amide bonds. The summed E-state index contributed by atoms with van der Waals surface area (Å²) in [6.45, 7) is 2.09. The molecule has 1 atom stereocenters. The van der Waals surface area contributed by atoms with Gasteiger partial charge in [0.2, 0.25) is 0 Å². The van der Waals surface area contributed by atoms with Crippen LogP contribution in [0.15, 0.2) is 53.4 Å². The van der Waals surface area contributed by atoms with Crippen LogP contribution < -0.4 is 10.5 Å². The molecule has 0 fully saturated rings. The average molecular weight is 273 g/mol. The van der Waals surface area contributed by atoms with Gasteiger partial charge in [-0.05, 0) is 42.5 Å². The molecule has 0 radical (unpaired) electrons. The molecule has 2 nitrogen and oxygen atoms in total. The minimum absolute atomic E-state index is 0.104. The molecule has 3 heteroatoms. The topological polar surface area (TPSA) is 35.2 Å². The Morgan fingerprint density at radius 1 is 1.11 bits per heavy atom. The lowest BCUT2D eigenvalue weighted by Crippen LogP contribution is -2.08. The van der Waals surface area contributed by atoms with Gasteiger partial charge in [0.05, 0.1) is 0 Å². The maximum absolute atomic E-state index is 6.00. The van der Waals surface area contributed by atoms with E-state index in [0.717, 1.165) is 28.4 Å². The second-order valence-corrected chi connectivity index (χ2v) is 5.18. The van der Waals surface area contributed by atoms with E-state index in [1.165, 1.54) is 0 Å². The molecule has 0 heterocycles. The first-order valence-electron chi connectivity index (χ1n) is 6.41. The summed E-state index contributed by atoms with van der Waals surface area (Å²) in [4.78, 5) is 1.14. The maximum Gasteiger partial charge on any atom is 0.140 e. The molecule has 0 aliphatic carbocycles. The summed E-state index contributed by atoms with van der Waals surface area (Å²) >= 11 is 1.68. The van der Waals surface area contributed by atoms with Crippen LogP contribution in [0.3, 0.4) is 0 Å². The van der Waals surface area contributed by atoms with Crippen molar-refractivity contribution in [3.8, 4) is 11.5 Å². The van der Waals surface area contributed by atoms with Crippen molar-refractivity contribution in [2.24, 2.45) is 5.73 Å². The van der Waals surface area contributed by atoms with Crippen LogP contribution >= 0.6 is 11.8 Å². The second-order valence-electron chi connectivity index (χ2n) is 4.34. The molecule has 1 unspecified atom stereocenters. The second kappa shape index (κ2) is 6.64. The first-order valence-corrected chi connectivity index (χ1v) is 7.63. The van der Waals surface area contributed by atoms with Crippen LogP contribution in [0.5, 0.6) is 11.5 Å². The third-order valence-corrected chi connectivity index (χ3v) is 3.82. The van der Waals surface area contributed by atoms with Gasteiger partial charge in [0.15, 0.2) is 0 Å². The number of nitrogens with two attached hydrogens (primary N) is 1. The van der Waals surface area contributed by atoms with E-state index in [9.17, 15) is 0 Å². The summed E-state index contributed by atoms with van der Waals surface area (Å²) in [5, 5.41) is 0. The van der Waals surface area contributed by atoms with Gasteiger partial charge in [-0.3, -0.25) is 0 Å². The van der Waals surface area contributed by atoms with Gasteiger partial charge in [-0.1, -0.05) is 31.2 Å². The number of hydrogen-bond donors (Lipinski definition) is 1. The first-order chi connectivity index (χ1) is 9.24. The predicted molar refractivity (Wildman–Crippen MR) is 82.0 cm³/mol. The summed E-state index contributed by atoms with van der Waals surface area (Å²) in [5.41, 5.74) is 7.14. The summed E-state index contributed by atoms with van der Waals surface area (Å²) in [6, 6.07) is 16.2. The number of ether oxygens (including phenoxy) is 1. The van der Waals surface area contributed by atoms with Crippen molar-refractivity contribution in [1.29, 1.82) is 0 Å². The van der Waals surface area contributed by atoms with Crippen LogP contribution in [0.4, 0.5) is 0 Å². The Morgan fingerprint density at radius 2 is 1.79 bits per heavy atom. The van der Waals surface area contributed by atoms with E-state index >= 15 is 0 Å². The van der Waals surface area contributed by atoms with Gasteiger partial charge in [-0.15, -0.1) is 11.8 Å². The van der Waals surface area contributed by atoms with Crippen LogP contribution in [0.1, 0.15) is 24.9 Å². The van der Waals surface area contributed by atoms with E-state index in [4.69, 9.17) is 10.5 Å². The minimum Gasteiger partial charge on any atom is -0.456 e. The number of benzene rings is 2. The fourth-order valence-electron chi connectivity index (χ4n) is 1.85. The predicted octanol–water partition coefficient (Wildman–Crippen LogP) is 4.61. The van der Waals surface area contributed by atoms with Gasteiger partial charge in [0, 0.05) is 10.9 Å². The Labute approximate surface area is 119 Å². The third kappa shape index (κ3) is 3.52. The fourth-order valence-corrected chi connectivity index (χ4v) is 2.37. The molecule has 0 bridgehead atoms. The van der Waals surface area contributed by atoms with Gasteiger partial charge < -0.3 is 10.5 Å². The molecule has 0 aliphatic rings. The molecule has 0 spiro atoms. The summed E-state index contributed by atoms with van der Waals surface area (Å²) in [7, 11) is 0. The monoisotopic (exact) mass is 273 g/mol. The van der Waals surface area contributed by atoms with Crippen molar-refractivity contribution >= 4 is 11.8 Å². The molecule has 19 heavy (non-hydrogen) atoms. The van der Waals surface area contributed by atoms with Crippen molar-refractivity contribution in [2.45, 2.75) is 24.3 Å². The van der Waals surface area contributed by atoms with E-state index in [-0.39, 0.29) is 6.04 Å². The van der Waals surface area contributed by atoms with Crippen molar-refractivity contribution < 1.29 is 4.74 Å². The van der Waals surface area contributed by atoms with Crippen LogP contribution in [0.25, 0.3) is 0 Å². The van der Waals surface area contributed by atoms with E-state index in [1.807, 2.05) is 48.7 Å². The van der Waals surface area contributed by atoms with Gasteiger partial charge in [-0.2, -0.15) is 0 Å². The smallest absolute Gasteiger partial charge is 0.140 e. The zero-order chi connectivity index (χ0) is 13.7. The Balaban J connectivity index is 2.15. The molecule has 100 valence electrons. The quantitative estimate of drug-likeness (QED) is 0.808. The molecule has 2 aromatic rings. The SMILES string of the molecule is CCC(N)c1ccc(Oc2ccccc2SC)cc1. The van der Waals surface area contributed by atoms with Gasteiger partial charge in [0.25, 0.3) is 0 Å². The van der Waals surface area contributed by atoms with Crippen molar-refractivity contribution in [1.82, 2.24) is 0 Å². The van der Waals surface area contributed by atoms with E-state index in [2.05, 4.69) is 13.0 Å². The van der Waals surface area contributed by atoms with E-state index < -0.39 is 0 Å². The normalized spacial score (nSPS) is 12.2. The average Bonchev–Trinajstić information content (AvgIpc) is 2.48. The van der Waals surface area contributed by atoms with Crippen LogP contribution in [0, 0.1) is 0 Å². The molecule has 0 aliphatic heterocycles. The maximum atomic E-state index is 6.00. The highest BCUT2D eigenvalue weighted by atomic mass is 32.2. The lowest BCUT2D eigenvalue weighted by atomic mass is 10.1. The largest absolute Gasteiger partial charge is 0.456 e. The van der Waals surface area contributed by atoms with Crippen LogP contribution in [-0.2, 0) is 0 Å². The lowest BCUT2D eigenvalue weighted by Gasteiger charge is -2.12. The number of rotatable bonds is 5. The Hall–Kier alpha value is -1.45. The summed E-state index contributed by atoms with van der Waals surface area (Å²) < 4.78 is 5.91. The van der Waals surface area contributed by atoms with Crippen LogP contribution in [0.2, 0.25) is 0 Å². The minimum atomic E-state index is 0.104. The highest BCUT2D eigenvalue weighted by molar-refractivity contribution is 7.98. The molecule has 2 N–H and O–H groups in total. The molecule has 0 aromatic heterocycles. The van der Waals surface area contributed by atoms with Gasteiger partial charge >= 0.3 is 0 Å². The van der Waals surface area contributed by atoms with E-state index in [1.54, 1.807) is 11.8 Å². The summed E-state index contributed by atoms with van der Waals surface area (Å²) in [6.07, 6.45) is 2.99. The highest BCUT2D eigenvalue weighted by Crippen LogP contribution is 2.31. The Bertz CT molecular complexity index is 525. The Morgan fingerprint density at radius 3 is 2.42 bits per heavy atom. The highest BCUT2D eigenvalue weighted by Gasteiger charge is 2.05. The van der Waals surface area contributed by atoms with E-state index in [0.29, 0.717) is 0 Å². The zero-order valence-electron chi connectivity index (χ0n) is 11.3. The molecule has 2 rings (SSSR count).